The van der Waals surface area contributed by atoms with Crippen molar-refractivity contribution in [3.8, 4) is 5.75 Å². The van der Waals surface area contributed by atoms with E-state index in [1.165, 1.54) is 6.42 Å². The Kier molecular flexibility index (Phi) is 5.39. The molecular formula is C14H22N2O3S. The van der Waals surface area contributed by atoms with Crippen LogP contribution < -0.4 is 14.8 Å². The second kappa shape index (κ2) is 7.06. The predicted molar refractivity (Wildman–Crippen MR) is 78.4 cm³/mol. The van der Waals surface area contributed by atoms with Gasteiger partial charge in [0.1, 0.15) is 5.75 Å². The molecule has 20 heavy (non-hydrogen) atoms. The van der Waals surface area contributed by atoms with Crippen molar-refractivity contribution in [3.05, 3.63) is 24.3 Å². The standard InChI is InChI=1S/C14H22N2O3S/c1-2-19-13-6-8-14(9-7-13)20(17,18)16-11-12-5-3-4-10-15-12/h6-9,12,15-16H,2-5,10-11H2,1H3. The van der Waals surface area contributed by atoms with Gasteiger partial charge in [0.05, 0.1) is 11.5 Å². The maximum absolute atomic E-state index is 12.2. The van der Waals surface area contributed by atoms with Gasteiger partial charge in [-0.1, -0.05) is 6.42 Å². The van der Waals surface area contributed by atoms with Crippen LogP contribution in [0.5, 0.6) is 5.75 Å². The monoisotopic (exact) mass is 298 g/mol. The molecule has 0 amide bonds. The van der Waals surface area contributed by atoms with Crippen LogP contribution in [0.3, 0.4) is 0 Å². The molecule has 1 aliphatic rings. The number of rotatable bonds is 6. The van der Waals surface area contributed by atoms with E-state index in [0.717, 1.165) is 19.4 Å². The third-order valence-corrected chi connectivity index (χ3v) is 4.82. The van der Waals surface area contributed by atoms with E-state index in [0.29, 0.717) is 18.9 Å². The summed E-state index contributed by atoms with van der Waals surface area (Å²) in [7, 11) is -3.44. The lowest BCUT2D eigenvalue weighted by atomic mass is 10.1. The smallest absolute Gasteiger partial charge is 0.240 e. The van der Waals surface area contributed by atoms with Gasteiger partial charge in [0.15, 0.2) is 0 Å². The van der Waals surface area contributed by atoms with E-state index >= 15 is 0 Å². The Labute approximate surface area is 120 Å². The highest BCUT2D eigenvalue weighted by molar-refractivity contribution is 7.89. The fourth-order valence-electron chi connectivity index (χ4n) is 2.27. The topological polar surface area (TPSA) is 67.4 Å². The molecule has 0 saturated carbocycles. The van der Waals surface area contributed by atoms with Crippen LogP contribution in [0.2, 0.25) is 0 Å². The molecule has 0 radical (unpaired) electrons. The molecule has 2 rings (SSSR count). The summed E-state index contributed by atoms with van der Waals surface area (Å²) in [4.78, 5) is 0.275. The van der Waals surface area contributed by atoms with Gasteiger partial charge < -0.3 is 10.1 Å². The number of hydrogen-bond donors (Lipinski definition) is 2. The van der Waals surface area contributed by atoms with Crippen molar-refractivity contribution in [1.29, 1.82) is 0 Å². The summed E-state index contributed by atoms with van der Waals surface area (Å²) in [5.41, 5.74) is 0. The van der Waals surface area contributed by atoms with Gasteiger partial charge in [-0.15, -0.1) is 0 Å². The molecule has 112 valence electrons. The molecule has 2 N–H and O–H groups in total. The normalized spacial score (nSPS) is 19.8. The van der Waals surface area contributed by atoms with Crippen molar-refractivity contribution in [2.75, 3.05) is 19.7 Å². The SMILES string of the molecule is CCOc1ccc(S(=O)(=O)NCC2CCCCN2)cc1. The van der Waals surface area contributed by atoms with E-state index in [4.69, 9.17) is 4.74 Å². The van der Waals surface area contributed by atoms with Gasteiger partial charge in [-0.3, -0.25) is 0 Å². The van der Waals surface area contributed by atoms with Crippen LogP contribution in [-0.4, -0.2) is 34.2 Å². The summed E-state index contributed by atoms with van der Waals surface area (Å²) in [6, 6.07) is 6.73. The Bertz CT molecular complexity index is 508. The molecule has 1 unspecified atom stereocenters. The first-order chi connectivity index (χ1) is 9.62. The average Bonchev–Trinajstić information content (AvgIpc) is 2.47. The van der Waals surface area contributed by atoms with Gasteiger partial charge in [-0.25, -0.2) is 13.1 Å². The summed E-state index contributed by atoms with van der Waals surface area (Å²) in [6.45, 7) is 3.87. The fraction of sp³-hybridized carbons (Fsp3) is 0.571. The summed E-state index contributed by atoms with van der Waals surface area (Å²) in [5, 5.41) is 3.32. The molecule has 5 nitrogen and oxygen atoms in total. The first kappa shape index (κ1) is 15.3. The van der Waals surface area contributed by atoms with E-state index in [-0.39, 0.29) is 10.9 Å². The molecular weight excluding hydrogens is 276 g/mol. The van der Waals surface area contributed by atoms with Crippen LogP contribution in [0.4, 0.5) is 0 Å². The lowest BCUT2D eigenvalue weighted by molar-refractivity contribution is 0.340. The van der Waals surface area contributed by atoms with Crippen LogP contribution in [-0.2, 0) is 10.0 Å². The highest BCUT2D eigenvalue weighted by Gasteiger charge is 2.18. The van der Waals surface area contributed by atoms with Crippen LogP contribution in [0, 0.1) is 0 Å². The molecule has 1 aromatic carbocycles. The molecule has 1 fully saturated rings. The first-order valence-corrected chi connectivity index (χ1v) is 8.56. The highest BCUT2D eigenvalue weighted by atomic mass is 32.2. The summed E-state index contributed by atoms with van der Waals surface area (Å²) in [6.07, 6.45) is 3.34. The van der Waals surface area contributed by atoms with Crippen molar-refractivity contribution in [2.24, 2.45) is 0 Å². The quantitative estimate of drug-likeness (QED) is 0.835. The Morgan fingerprint density at radius 2 is 2.05 bits per heavy atom. The zero-order valence-corrected chi connectivity index (χ0v) is 12.6. The van der Waals surface area contributed by atoms with Crippen LogP contribution in [0.25, 0.3) is 0 Å². The van der Waals surface area contributed by atoms with Crippen molar-refractivity contribution >= 4 is 10.0 Å². The number of piperidine rings is 1. The Hall–Kier alpha value is -1.11. The van der Waals surface area contributed by atoms with Crippen LogP contribution >= 0.6 is 0 Å². The summed E-state index contributed by atoms with van der Waals surface area (Å²) in [5.74, 6) is 0.681. The predicted octanol–water partition coefficient (Wildman–Crippen LogP) is 1.51. The minimum atomic E-state index is -3.44. The minimum Gasteiger partial charge on any atom is -0.494 e. The zero-order valence-electron chi connectivity index (χ0n) is 11.8. The molecule has 0 aromatic heterocycles. The zero-order chi connectivity index (χ0) is 14.4. The van der Waals surface area contributed by atoms with Gasteiger partial charge in [-0.2, -0.15) is 0 Å². The number of ether oxygens (including phenoxy) is 1. The summed E-state index contributed by atoms with van der Waals surface area (Å²) >= 11 is 0. The van der Waals surface area contributed by atoms with E-state index < -0.39 is 10.0 Å². The van der Waals surface area contributed by atoms with Crippen LogP contribution in [0.15, 0.2) is 29.2 Å². The van der Waals surface area contributed by atoms with Crippen molar-refractivity contribution < 1.29 is 13.2 Å². The van der Waals surface area contributed by atoms with Crippen LogP contribution in [0.1, 0.15) is 26.2 Å². The van der Waals surface area contributed by atoms with Crippen molar-refractivity contribution in [3.63, 3.8) is 0 Å². The van der Waals surface area contributed by atoms with Gasteiger partial charge in [-0.05, 0) is 50.6 Å². The van der Waals surface area contributed by atoms with Crippen molar-refractivity contribution in [1.82, 2.24) is 10.0 Å². The van der Waals surface area contributed by atoms with E-state index in [1.807, 2.05) is 6.92 Å². The Morgan fingerprint density at radius 1 is 1.30 bits per heavy atom. The molecule has 1 heterocycles. The molecule has 1 saturated heterocycles. The molecule has 0 bridgehead atoms. The fourth-order valence-corrected chi connectivity index (χ4v) is 3.36. The molecule has 1 atom stereocenters. The maximum Gasteiger partial charge on any atom is 0.240 e. The third-order valence-electron chi connectivity index (χ3n) is 3.38. The summed E-state index contributed by atoms with van der Waals surface area (Å²) < 4.78 is 32.3. The van der Waals surface area contributed by atoms with Gasteiger partial charge in [0.2, 0.25) is 10.0 Å². The number of benzene rings is 1. The third kappa shape index (κ3) is 4.19. The van der Waals surface area contributed by atoms with E-state index in [2.05, 4.69) is 10.0 Å². The van der Waals surface area contributed by atoms with Gasteiger partial charge >= 0.3 is 0 Å². The Balaban J connectivity index is 1.94. The highest BCUT2D eigenvalue weighted by Crippen LogP contribution is 2.16. The van der Waals surface area contributed by atoms with Crippen molar-refractivity contribution in [2.45, 2.75) is 37.1 Å². The number of nitrogens with one attached hydrogen (secondary N) is 2. The molecule has 6 heteroatoms. The lowest BCUT2D eigenvalue weighted by Gasteiger charge is -2.23. The molecule has 0 spiro atoms. The van der Waals surface area contributed by atoms with E-state index in [9.17, 15) is 8.42 Å². The largest absolute Gasteiger partial charge is 0.494 e. The van der Waals surface area contributed by atoms with Gasteiger partial charge in [0, 0.05) is 12.6 Å². The second-order valence-electron chi connectivity index (χ2n) is 4.90. The van der Waals surface area contributed by atoms with Gasteiger partial charge in [0.25, 0.3) is 0 Å². The number of sulfonamides is 1. The second-order valence-corrected chi connectivity index (χ2v) is 6.67. The van der Waals surface area contributed by atoms with E-state index in [1.54, 1.807) is 24.3 Å². The maximum atomic E-state index is 12.2. The minimum absolute atomic E-state index is 0.237. The number of hydrogen-bond acceptors (Lipinski definition) is 4. The lowest BCUT2D eigenvalue weighted by Crippen LogP contribution is -2.43. The molecule has 1 aliphatic heterocycles. The average molecular weight is 298 g/mol. The molecule has 1 aromatic rings. The Morgan fingerprint density at radius 3 is 2.65 bits per heavy atom. The molecule has 0 aliphatic carbocycles. The first-order valence-electron chi connectivity index (χ1n) is 7.08.